The van der Waals surface area contributed by atoms with Gasteiger partial charge in [0.25, 0.3) is 11.8 Å². The van der Waals surface area contributed by atoms with E-state index in [1.165, 1.54) is 6.07 Å². The fraction of sp³-hybridized carbons (Fsp3) is 0.417. The Morgan fingerprint density at radius 3 is 2.66 bits per heavy atom. The Hall–Kier alpha value is -2.64. The number of anilines is 1. The van der Waals surface area contributed by atoms with E-state index >= 15 is 0 Å². The van der Waals surface area contributed by atoms with Crippen molar-refractivity contribution in [3.05, 3.63) is 52.1 Å². The van der Waals surface area contributed by atoms with E-state index in [4.69, 9.17) is 9.85 Å². The highest BCUT2D eigenvalue weighted by Gasteiger charge is 2.36. The van der Waals surface area contributed by atoms with Crippen molar-refractivity contribution in [2.45, 2.75) is 45.6 Å². The molecule has 4 rings (SSSR count). The number of H-pyrrole nitrogens is 1. The van der Waals surface area contributed by atoms with E-state index in [1.807, 2.05) is 25.2 Å². The third-order valence-corrected chi connectivity index (χ3v) is 6.31. The monoisotopic (exact) mass is 463 g/mol. The number of carbonyl (C=O) groups is 2. The maximum Gasteiger partial charge on any atom is 0.259 e. The van der Waals surface area contributed by atoms with Crippen LogP contribution in [0.2, 0.25) is 0 Å². The van der Waals surface area contributed by atoms with Gasteiger partial charge in [0.15, 0.2) is 0 Å². The molecule has 32 heavy (non-hydrogen) atoms. The number of nitrogens with two attached hydrogens (primary N) is 1. The molecule has 0 saturated heterocycles. The van der Waals surface area contributed by atoms with Crippen molar-refractivity contribution in [3.63, 3.8) is 0 Å². The first-order chi connectivity index (χ1) is 15.9. The molecule has 1 aromatic carbocycles. The number of aryl methyl sites for hydroxylation is 2. The molecule has 1 fully saturated rings. The van der Waals surface area contributed by atoms with Crippen LogP contribution in [0, 0.1) is 25.6 Å². The van der Waals surface area contributed by atoms with Gasteiger partial charge < -0.3 is 20.9 Å². The van der Waals surface area contributed by atoms with Crippen molar-refractivity contribution in [3.8, 4) is 0 Å². The summed E-state index contributed by atoms with van der Waals surface area (Å²) in [4.78, 5) is 30.8. The Balaban J connectivity index is 0.00000342. The van der Waals surface area contributed by atoms with E-state index in [0.29, 0.717) is 23.4 Å². The van der Waals surface area contributed by atoms with Gasteiger partial charge in [0.2, 0.25) is 0 Å². The maximum absolute atomic E-state index is 15.0. The normalized spacial score (nSPS) is 23.2. The summed E-state index contributed by atoms with van der Waals surface area (Å²) in [6, 6.07) is 4.55. The van der Waals surface area contributed by atoms with Crippen LogP contribution in [0.3, 0.4) is 0 Å². The molecule has 2 heterocycles. The zero-order valence-electron chi connectivity index (χ0n) is 21.1. The fourth-order valence-electron chi connectivity index (χ4n) is 4.61. The van der Waals surface area contributed by atoms with E-state index in [0.717, 1.165) is 48.7 Å². The largest absolute Gasteiger partial charge is 0.359 e. The lowest BCUT2D eigenvalue weighted by Crippen LogP contribution is -2.36. The summed E-state index contributed by atoms with van der Waals surface area (Å²) in [6.07, 6.45) is 5.21. The molecule has 4 N–H and O–H groups in total. The number of amides is 2. The number of nitrogens with zero attached hydrogens (tertiary/aromatic N) is 1. The molecule has 1 aromatic heterocycles. The maximum atomic E-state index is 15.0. The number of benzene rings is 1. The van der Waals surface area contributed by atoms with Gasteiger partial charge in [0, 0.05) is 40.6 Å². The summed E-state index contributed by atoms with van der Waals surface area (Å²) in [5.41, 5.74) is 9.38. The van der Waals surface area contributed by atoms with Crippen LogP contribution in [-0.4, -0.2) is 36.4 Å². The number of carbonyl (C=O) groups excluding carboxylic acids is 2. The van der Waals surface area contributed by atoms with Gasteiger partial charge in [0.1, 0.15) is 5.82 Å². The van der Waals surface area contributed by atoms with Crippen LogP contribution in [-0.2, 0) is 4.79 Å². The van der Waals surface area contributed by atoms with Crippen molar-refractivity contribution in [2.24, 2.45) is 11.7 Å². The van der Waals surface area contributed by atoms with Gasteiger partial charge >= 0.3 is 0 Å². The van der Waals surface area contributed by atoms with E-state index in [2.05, 4.69) is 4.98 Å². The van der Waals surface area contributed by atoms with Crippen molar-refractivity contribution in [1.82, 2.24) is 10.3 Å². The first-order valence-electron chi connectivity index (χ1n) is 12.0. The minimum Gasteiger partial charge on any atom is -0.359 e. The quantitative estimate of drug-likeness (QED) is 0.599. The van der Waals surface area contributed by atoms with Gasteiger partial charge in [-0.25, -0.2) is 4.39 Å². The summed E-state index contributed by atoms with van der Waals surface area (Å²) < 4.78 is 36.8. The number of halogens is 2. The van der Waals surface area contributed by atoms with E-state index in [1.54, 1.807) is 11.0 Å². The molecule has 1 aliphatic heterocycles. The van der Waals surface area contributed by atoms with E-state index in [9.17, 15) is 14.0 Å². The second kappa shape index (κ2) is 9.46. The summed E-state index contributed by atoms with van der Waals surface area (Å²) in [7, 11) is 0. The average Bonchev–Trinajstić information content (AvgIpc) is 3.18. The number of aromatic nitrogens is 1. The van der Waals surface area contributed by atoms with Gasteiger partial charge in [-0.2, -0.15) is 0 Å². The Morgan fingerprint density at radius 1 is 1.31 bits per heavy atom. The lowest BCUT2D eigenvalue weighted by atomic mass is 9.86. The highest BCUT2D eigenvalue weighted by atomic mass is 35.5. The number of hydrogen-bond acceptors (Lipinski definition) is 3. The molecule has 2 amide bonds. The van der Waals surface area contributed by atoms with Crippen molar-refractivity contribution >= 4 is 41.6 Å². The second-order valence-corrected chi connectivity index (χ2v) is 8.61. The molecule has 0 bridgehead atoms. The molecule has 1 aliphatic carbocycles. The number of nitrogens with one attached hydrogen (secondary N) is 2. The van der Waals surface area contributed by atoms with Crippen LogP contribution in [0.4, 0.5) is 10.1 Å². The molecule has 0 unspecified atom stereocenters. The second-order valence-electron chi connectivity index (χ2n) is 8.61. The average molecular weight is 464 g/mol. The molecule has 6 nitrogen and oxygen atoms in total. The van der Waals surface area contributed by atoms with Crippen LogP contribution in [0.15, 0.2) is 18.2 Å². The van der Waals surface area contributed by atoms with Crippen LogP contribution >= 0.6 is 12.4 Å². The Morgan fingerprint density at radius 2 is 2.03 bits per heavy atom. The number of rotatable bonds is 4. The Labute approximate surface area is 198 Å². The predicted molar refractivity (Wildman–Crippen MR) is 127 cm³/mol. The molecular weight excluding hydrogens is 431 g/mol. The van der Waals surface area contributed by atoms with Crippen LogP contribution in [0.25, 0.3) is 11.6 Å². The molecule has 2 aliphatic rings. The van der Waals surface area contributed by atoms with Gasteiger partial charge in [0.05, 0.1) is 16.8 Å². The first kappa shape index (κ1) is 20.0. The standard InChI is InChI=1S/C24H29FN4O2.ClH/c1-13-8-14(2)28-21(13)10-18-17-9-20(25)19(23(30)27-3)11-22(17)29(24(18)31)12-15-4-6-16(26)7-5-15;/h8-11,15-16,28H,4-7,12,26H2,1-3H3,(H,27,30);1H/b18-10-;/i3D3;. The minimum atomic E-state index is -2.76. The van der Waals surface area contributed by atoms with Crippen molar-refractivity contribution < 1.29 is 18.1 Å². The molecular formula is C24H30ClFN4O2. The summed E-state index contributed by atoms with van der Waals surface area (Å²) in [5.74, 6) is -1.98. The van der Waals surface area contributed by atoms with E-state index < -0.39 is 24.3 Å². The predicted octanol–water partition coefficient (Wildman–Crippen LogP) is 3.96. The zero-order valence-corrected chi connectivity index (χ0v) is 18.9. The van der Waals surface area contributed by atoms with Gasteiger partial charge in [-0.15, -0.1) is 12.4 Å². The highest BCUT2D eigenvalue weighted by molar-refractivity contribution is 6.36. The molecule has 172 valence electrons. The number of fused-ring (bicyclic) bond motifs is 1. The molecule has 2 aromatic rings. The fourth-order valence-corrected chi connectivity index (χ4v) is 4.61. The van der Waals surface area contributed by atoms with Crippen LogP contribution in [0.1, 0.15) is 62.7 Å². The van der Waals surface area contributed by atoms with Gasteiger partial charge in [-0.1, -0.05) is 0 Å². The third-order valence-electron chi connectivity index (χ3n) is 6.31. The minimum absolute atomic E-state index is 0. The number of hydrogen-bond donors (Lipinski definition) is 3. The van der Waals surface area contributed by atoms with Crippen LogP contribution in [0.5, 0.6) is 0 Å². The van der Waals surface area contributed by atoms with Crippen molar-refractivity contribution in [2.75, 3.05) is 18.4 Å². The molecule has 1 saturated carbocycles. The Kier molecular flexibility index (Phi) is 5.92. The molecule has 0 radical (unpaired) electrons. The van der Waals surface area contributed by atoms with E-state index in [-0.39, 0.29) is 30.3 Å². The third kappa shape index (κ3) is 4.45. The molecule has 0 spiro atoms. The van der Waals surface area contributed by atoms with Gasteiger partial charge in [-0.05, 0) is 75.3 Å². The SMILES string of the molecule is Cl.[2H]C([2H])([2H])NC(=O)c1cc2c(cc1F)/C(=C/c1[nH]c(C)cc1C)C(=O)N2CC1CCC(N)CC1. The van der Waals surface area contributed by atoms with Crippen molar-refractivity contribution in [1.29, 1.82) is 0 Å². The first-order valence-corrected chi connectivity index (χ1v) is 10.5. The van der Waals surface area contributed by atoms with Gasteiger partial charge in [-0.3, -0.25) is 9.59 Å². The highest BCUT2D eigenvalue weighted by Crippen LogP contribution is 2.41. The molecule has 8 heteroatoms. The summed E-state index contributed by atoms with van der Waals surface area (Å²) in [6.45, 7) is 1.49. The summed E-state index contributed by atoms with van der Waals surface area (Å²) in [5, 5.41) is 1.83. The topological polar surface area (TPSA) is 91.2 Å². The van der Waals surface area contributed by atoms with Crippen LogP contribution < -0.4 is 16.0 Å². The lowest BCUT2D eigenvalue weighted by molar-refractivity contribution is -0.113. The number of aromatic amines is 1. The molecule has 0 atom stereocenters. The lowest BCUT2D eigenvalue weighted by Gasteiger charge is -2.30. The zero-order chi connectivity index (χ0) is 24.8. The Bertz CT molecular complexity index is 1170. The summed E-state index contributed by atoms with van der Waals surface area (Å²) >= 11 is 0. The smallest absolute Gasteiger partial charge is 0.259 e.